The highest BCUT2D eigenvalue weighted by Crippen LogP contribution is 2.22. The lowest BCUT2D eigenvalue weighted by molar-refractivity contribution is -0.119. The molecular formula is C25H29N3O3. The molecule has 2 aromatic carbocycles. The Bertz CT molecular complexity index is 1050. The van der Waals surface area contributed by atoms with E-state index in [-0.39, 0.29) is 17.9 Å². The average Bonchev–Trinajstić information content (AvgIpc) is 3.04. The van der Waals surface area contributed by atoms with Gasteiger partial charge in [-0.25, -0.2) is 4.98 Å². The number of carbonyl (C=O) groups is 2. The highest BCUT2D eigenvalue weighted by molar-refractivity contribution is 5.94. The van der Waals surface area contributed by atoms with Crippen molar-refractivity contribution in [2.75, 3.05) is 7.05 Å². The van der Waals surface area contributed by atoms with Gasteiger partial charge in [0.1, 0.15) is 11.5 Å². The van der Waals surface area contributed by atoms with Crippen molar-refractivity contribution in [2.24, 2.45) is 0 Å². The first-order valence-electron chi connectivity index (χ1n) is 10.4. The van der Waals surface area contributed by atoms with Gasteiger partial charge in [0, 0.05) is 32.5 Å². The van der Waals surface area contributed by atoms with Crippen molar-refractivity contribution in [1.29, 1.82) is 0 Å². The van der Waals surface area contributed by atoms with Gasteiger partial charge in [0.25, 0.3) is 5.91 Å². The number of oxazole rings is 1. The number of amides is 2. The van der Waals surface area contributed by atoms with Crippen LogP contribution in [0.5, 0.6) is 0 Å². The maximum atomic E-state index is 12.8. The normalized spacial score (nSPS) is 11.8. The van der Waals surface area contributed by atoms with Crippen LogP contribution in [0, 0.1) is 13.8 Å². The molecule has 0 saturated heterocycles. The monoisotopic (exact) mass is 419 g/mol. The molecule has 3 rings (SSSR count). The zero-order valence-electron chi connectivity index (χ0n) is 18.7. The molecule has 1 N–H and O–H groups in total. The zero-order chi connectivity index (χ0) is 22.5. The van der Waals surface area contributed by atoms with Crippen molar-refractivity contribution in [1.82, 2.24) is 15.2 Å². The lowest BCUT2D eigenvalue weighted by Crippen LogP contribution is -2.31. The molecule has 1 atom stereocenters. The molecule has 6 heteroatoms. The van der Waals surface area contributed by atoms with Gasteiger partial charge in [-0.1, -0.05) is 36.4 Å². The standard InChI is InChI=1S/C25H29N3O3/c1-16(26-18(3)29)14-20-6-8-21(9-7-20)22-10-12-23(13-11-22)25(30)28(5)15-24-17(2)31-19(4)27-24/h6-13,16H,14-15H2,1-5H3,(H,26,29). The third-order valence-corrected chi connectivity index (χ3v) is 5.14. The Hall–Kier alpha value is -3.41. The minimum absolute atomic E-state index is 0.0179. The maximum absolute atomic E-state index is 12.8. The highest BCUT2D eigenvalue weighted by atomic mass is 16.4. The Kier molecular flexibility index (Phi) is 6.90. The average molecular weight is 420 g/mol. The van der Waals surface area contributed by atoms with Gasteiger partial charge in [0.2, 0.25) is 5.91 Å². The summed E-state index contributed by atoms with van der Waals surface area (Å²) >= 11 is 0. The van der Waals surface area contributed by atoms with Crippen LogP contribution in [0.25, 0.3) is 11.1 Å². The summed E-state index contributed by atoms with van der Waals surface area (Å²) in [5.41, 5.74) is 4.69. The first-order valence-corrected chi connectivity index (χ1v) is 10.4. The molecule has 3 aromatic rings. The van der Waals surface area contributed by atoms with Crippen LogP contribution in [0.2, 0.25) is 0 Å². The second kappa shape index (κ2) is 9.60. The maximum Gasteiger partial charge on any atom is 0.253 e. The van der Waals surface area contributed by atoms with Crippen molar-refractivity contribution in [3.05, 3.63) is 77.0 Å². The van der Waals surface area contributed by atoms with Crippen molar-refractivity contribution >= 4 is 11.8 Å². The minimum atomic E-state index is -0.0612. The lowest BCUT2D eigenvalue weighted by Gasteiger charge is -2.16. The number of hydrogen-bond acceptors (Lipinski definition) is 4. The van der Waals surface area contributed by atoms with Gasteiger partial charge >= 0.3 is 0 Å². The van der Waals surface area contributed by atoms with Crippen molar-refractivity contribution in [3.63, 3.8) is 0 Å². The van der Waals surface area contributed by atoms with Crippen molar-refractivity contribution in [3.8, 4) is 11.1 Å². The van der Waals surface area contributed by atoms with E-state index in [1.54, 1.807) is 18.9 Å². The molecule has 6 nitrogen and oxygen atoms in total. The Labute approximate surface area is 183 Å². The number of rotatable bonds is 7. The second-order valence-electron chi connectivity index (χ2n) is 7.98. The van der Waals surface area contributed by atoms with Crippen LogP contribution < -0.4 is 5.32 Å². The predicted molar refractivity (Wildman–Crippen MR) is 121 cm³/mol. The summed E-state index contributed by atoms with van der Waals surface area (Å²) < 4.78 is 5.44. The summed E-state index contributed by atoms with van der Waals surface area (Å²) in [5.74, 6) is 1.26. The van der Waals surface area contributed by atoms with E-state index in [0.717, 1.165) is 34.6 Å². The lowest BCUT2D eigenvalue weighted by atomic mass is 10.00. The molecule has 1 heterocycles. The van der Waals surface area contributed by atoms with E-state index in [1.807, 2.05) is 38.1 Å². The van der Waals surface area contributed by atoms with Crippen LogP contribution in [-0.4, -0.2) is 34.8 Å². The first-order chi connectivity index (χ1) is 14.7. The van der Waals surface area contributed by atoms with Gasteiger partial charge in [-0.2, -0.15) is 0 Å². The predicted octanol–water partition coefficient (Wildman–Crippen LogP) is 4.30. The van der Waals surface area contributed by atoms with E-state index in [9.17, 15) is 9.59 Å². The molecule has 1 aromatic heterocycles. The minimum Gasteiger partial charge on any atom is -0.446 e. The molecule has 0 fully saturated rings. The van der Waals surface area contributed by atoms with Crippen LogP contribution in [0.4, 0.5) is 0 Å². The number of hydrogen-bond donors (Lipinski definition) is 1. The van der Waals surface area contributed by atoms with Gasteiger partial charge in [-0.3, -0.25) is 9.59 Å². The smallest absolute Gasteiger partial charge is 0.253 e. The van der Waals surface area contributed by atoms with Gasteiger partial charge in [-0.15, -0.1) is 0 Å². The highest BCUT2D eigenvalue weighted by Gasteiger charge is 2.16. The summed E-state index contributed by atoms with van der Waals surface area (Å²) in [5, 5.41) is 2.90. The zero-order valence-corrected chi connectivity index (χ0v) is 18.7. The number of nitrogens with one attached hydrogen (secondary N) is 1. The van der Waals surface area contributed by atoms with Crippen LogP contribution in [0.3, 0.4) is 0 Å². The number of carbonyl (C=O) groups excluding carboxylic acids is 2. The second-order valence-corrected chi connectivity index (χ2v) is 7.98. The topological polar surface area (TPSA) is 75.4 Å². The number of benzene rings is 2. The van der Waals surface area contributed by atoms with Crippen molar-refractivity contribution < 1.29 is 14.0 Å². The molecule has 2 amide bonds. The van der Waals surface area contributed by atoms with Gasteiger partial charge < -0.3 is 14.6 Å². The van der Waals surface area contributed by atoms with E-state index in [1.165, 1.54) is 6.92 Å². The van der Waals surface area contributed by atoms with Gasteiger partial charge in [0.15, 0.2) is 5.89 Å². The fraction of sp³-hybridized carbons (Fsp3) is 0.320. The largest absolute Gasteiger partial charge is 0.446 e. The van der Waals surface area contributed by atoms with E-state index < -0.39 is 0 Å². The van der Waals surface area contributed by atoms with E-state index in [4.69, 9.17) is 4.42 Å². The molecule has 1 unspecified atom stereocenters. The third-order valence-electron chi connectivity index (χ3n) is 5.14. The SMILES string of the molecule is CC(=O)NC(C)Cc1ccc(-c2ccc(C(=O)N(C)Cc3nc(C)oc3C)cc2)cc1. The molecule has 0 aliphatic carbocycles. The van der Waals surface area contributed by atoms with Crippen LogP contribution in [0.1, 0.15) is 47.1 Å². The van der Waals surface area contributed by atoms with Crippen molar-refractivity contribution in [2.45, 2.75) is 46.7 Å². The van der Waals surface area contributed by atoms with Gasteiger partial charge in [-0.05, 0) is 49.1 Å². The molecule has 0 saturated carbocycles. The molecule has 162 valence electrons. The van der Waals surface area contributed by atoms with Gasteiger partial charge in [0.05, 0.1) is 6.54 Å². The molecule has 0 aliphatic heterocycles. The number of nitrogens with zero attached hydrogens (tertiary/aromatic N) is 2. The third kappa shape index (κ3) is 5.81. The Morgan fingerprint density at radius 2 is 1.61 bits per heavy atom. The Balaban J connectivity index is 1.64. The molecule has 31 heavy (non-hydrogen) atoms. The van der Waals surface area contributed by atoms with Crippen LogP contribution in [-0.2, 0) is 17.8 Å². The van der Waals surface area contributed by atoms with E-state index in [0.29, 0.717) is 18.0 Å². The molecule has 0 aliphatic rings. The van der Waals surface area contributed by atoms with E-state index in [2.05, 4.69) is 34.6 Å². The van der Waals surface area contributed by atoms with E-state index >= 15 is 0 Å². The summed E-state index contributed by atoms with van der Waals surface area (Å²) in [6.45, 7) is 7.58. The quantitative estimate of drug-likeness (QED) is 0.620. The number of aromatic nitrogens is 1. The fourth-order valence-electron chi connectivity index (χ4n) is 3.63. The van der Waals surface area contributed by atoms with Crippen LogP contribution in [0.15, 0.2) is 52.9 Å². The summed E-state index contributed by atoms with van der Waals surface area (Å²) in [6, 6.07) is 16.0. The molecular weight excluding hydrogens is 390 g/mol. The first kappa shape index (κ1) is 22.3. The Morgan fingerprint density at radius 3 is 2.13 bits per heavy atom. The summed E-state index contributed by atoms with van der Waals surface area (Å²) in [7, 11) is 1.76. The van der Waals surface area contributed by atoms with Crippen LogP contribution >= 0.6 is 0 Å². The summed E-state index contributed by atoms with van der Waals surface area (Å²) in [4.78, 5) is 29.9. The Morgan fingerprint density at radius 1 is 1.03 bits per heavy atom. The summed E-state index contributed by atoms with van der Waals surface area (Å²) in [6.07, 6.45) is 0.782. The molecule has 0 bridgehead atoms. The molecule has 0 spiro atoms. The fourth-order valence-corrected chi connectivity index (χ4v) is 3.63. The number of aryl methyl sites for hydroxylation is 2. The molecule has 0 radical (unpaired) electrons.